The Kier molecular flexibility index (Phi) is 5.10. The van der Waals surface area contributed by atoms with Crippen molar-refractivity contribution in [3.63, 3.8) is 0 Å². The molecule has 0 atom stereocenters. The topological polar surface area (TPSA) is 116 Å². The van der Waals surface area contributed by atoms with E-state index in [9.17, 15) is 9.59 Å². The molecule has 0 saturated heterocycles. The van der Waals surface area contributed by atoms with E-state index in [0.29, 0.717) is 27.4 Å². The highest BCUT2D eigenvalue weighted by atomic mass is 79.9. The molecule has 0 aliphatic rings. The van der Waals surface area contributed by atoms with Crippen LogP contribution in [0.1, 0.15) is 32.0 Å². The van der Waals surface area contributed by atoms with Gasteiger partial charge in [0.15, 0.2) is 0 Å². The van der Waals surface area contributed by atoms with Crippen LogP contribution in [0.5, 0.6) is 0 Å². The van der Waals surface area contributed by atoms with Gasteiger partial charge in [0.2, 0.25) is 0 Å². The summed E-state index contributed by atoms with van der Waals surface area (Å²) in [6, 6.07) is 4.61. The summed E-state index contributed by atoms with van der Waals surface area (Å²) in [5, 5.41) is 10.9. The van der Waals surface area contributed by atoms with Crippen LogP contribution in [0.25, 0.3) is 0 Å². The van der Waals surface area contributed by atoms with Gasteiger partial charge in [-0.2, -0.15) is 5.10 Å². The largest absolute Gasteiger partial charge is 0.366 e. The minimum Gasteiger partial charge on any atom is -0.366 e. The molecule has 26 heavy (non-hydrogen) atoms. The molecule has 1 aromatic carbocycles. The molecule has 134 valence electrons. The Labute approximate surface area is 161 Å². The maximum absolute atomic E-state index is 12.8. The summed E-state index contributed by atoms with van der Waals surface area (Å²) < 4.78 is 6.77. The van der Waals surface area contributed by atoms with Gasteiger partial charge >= 0.3 is 0 Å². The van der Waals surface area contributed by atoms with Crippen molar-refractivity contribution in [2.45, 2.75) is 13.5 Å². The number of primary amides is 1. The molecule has 0 spiro atoms. The Bertz CT molecular complexity index is 984. The summed E-state index contributed by atoms with van der Waals surface area (Å²) >= 11 is 9.23. The number of carbonyl (C=O) groups is 2. The van der Waals surface area contributed by atoms with Crippen LogP contribution in [0.15, 0.2) is 39.8 Å². The first kappa shape index (κ1) is 18.2. The van der Waals surface area contributed by atoms with Crippen molar-refractivity contribution in [2.75, 3.05) is 5.32 Å². The number of nitrogens with one attached hydrogen (secondary N) is 1. The molecule has 0 aliphatic heterocycles. The van der Waals surface area contributed by atoms with E-state index in [-0.39, 0.29) is 11.3 Å². The van der Waals surface area contributed by atoms with Gasteiger partial charge in [0.05, 0.1) is 24.0 Å². The molecule has 0 aliphatic carbocycles. The molecule has 0 radical (unpaired) electrons. The number of aromatic nitrogens is 3. The fourth-order valence-corrected chi connectivity index (χ4v) is 3.13. The maximum atomic E-state index is 12.8. The van der Waals surface area contributed by atoms with E-state index in [2.05, 4.69) is 31.5 Å². The molecule has 2 amide bonds. The van der Waals surface area contributed by atoms with Gasteiger partial charge in [-0.1, -0.05) is 16.8 Å². The Balaban J connectivity index is 1.93. The second kappa shape index (κ2) is 7.30. The second-order valence-electron chi connectivity index (χ2n) is 5.51. The van der Waals surface area contributed by atoms with Crippen molar-refractivity contribution in [1.29, 1.82) is 0 Å². The molecular weight excluding hydrogens is 426 g/mol. The third-order valence-corrected chi connectivity index (χ3v) is 4.21. The smallest absolute Gasteiger partial charge is 0.274 e. The zero-order valence-corrected chi connectivity index (χ0v) is 15.8. The van der Waals surface area contributed by atoms with Gasteiger partial charge in [-0.3, -0.25) is 14.3 Å². The standard InChI is InChI=1S/C16H13BrClN5O3/c1-8-2-10(18)3-11(15(19)24)14(8)21-16(25)12-4-13(17)22-23(12)6-9-5-20-26-7-9/h2-5,7H,6H2,1H3,(H2,19,24)(H,21,25). The van der Waals surface area contributed by atoms with Crippen LogP contribution in [0.4, 0.5) is 5.69 Å². The summed E-state index contributed by atoms with van der Waals surface area (Å²) in [6.45, 7) is 2.01. The number of hydrogen-bond acceptors (Lipinski definition) is 5. The summed E-state index contributed by atoms with van der Waals surface area (Å²) in [5.74, 6) is -1.14. The fraction of sp³-hybridized carbons (Fsp3) is 0.125. The van der Waals surface area contributed by atoms with Crippen molar-refractivity contribution < 1.29 is 14.1 Å². The number of nitrogens with two attached hydrogens (primary N) is 1. The van der Waals surface area contributed by atoms with Crippen LogP contribution in [0.3, 0.4) is 0 Å². The molecule has 3 aromatic rings. The lowest BCUT2D eigenvalue weighted by Gasteiger charge is -2.13. The van der Waals surface area contributed by atoms with Crippen molar-refractivity contribution in [2.24, 2.45) is 5.73 Å². The molecule has 2 aromatic heterocycles. The summed E-state index contributed by atoms with van der Waals surface area (Å²) in [7, 11) is 0. The average Bonchev–Trinajstić information content (AvgIpc) is 3.19. The molecule has 0 fully saturated rings. The predicted molar refractivity (Wildman–Crippen MR) is 98.2 cm³/mol. The monoisotopic (exact) mass is 437 g/mol. The number of carbonyl (C=O) groups excluding carboxylic acids is 2. The zero-order chi connectivity index (χ0) is 18.8. The number of halogens is 2. The number of anilines is 1. The summed E-state index contributed by atoms with van der Waals surface area (Å²) in [4.78, 5) is 24.5. The third-order valence-electron chi connectivity index (χ3n) is 3.60. The molecule has 3 rings (SSSR count). The van der Waals surface area contributed by atoms with E-state index in [1.165, 1.54) is 23.2 Å². The third kappa shape index (κ3) is 3.78. The number of benzene rings is 1. The molecule has 3 N–H and O–H groups in total. The number of aryl methyl sites for hydroxylation is 1. The van der Waals surface area contributed by atoms with E-state index in [0.717, 1.165) is 5.56 Å². The minimum atomic E-state index is -0.690. The zero-order valence-electron chi connectivity index (χ0n) is 13.5. The lowest BCUT2D eigenvalue weighted by atomic mass is 10.1. The Morgan fingerprint density at radius 2 is 2.15 bits per heavy atom. The van der Waals surface area contributed by atoms with Gasteiger partial charge in [0.25, 0.3) is 11.8 Å². The SMILES string of the molecule is Cc1cc(Cl)cc(C(N)=O)c1NC(=O)c1cc(Br)nn1Cc1cnoc1. The lowest BCUT2D eigenvalue weighted by molar-refractivity contribution is 0.100. The van der Waals surface area contributed by atoms with Gasteiger partial charge in [0, 0.05) is 16.7 Å². The van der Waals surface area contributed by atoms with E-state index >= 15 is 0 Å². The quantitative estimate of drug-likeness (QED) is 0.635. The number of amides is 2. The van der Waals surface area contributed by atoms with Crippen molar-refractivity contribution >= 4 is 45.0 Å². The van der Waals surface area contributed by atoms with Gasteiger partial charge in [-0.25, -0.2) is 0 Å². The van der Waals surface area contributed by atoms with E-state index in [1.54, 1.807) is 19.1 Å². The second-order valence-corrected chi connectivity index (χ2v) is 6.76. The number of nitrogens with zero attached hydrogens (tertiary/aromatic N) is 3. The van der Waals surface area contributed by atoms with Gasteiger partial charge in [-0.15, -0.1) is 0 Å². The molecule has 0 unspecified atom stereocenters. The first-order valence-corrected chi connectivity index (χ1v) is 8.55. The molecule has 8 nitrogen and oxygen atoms in total. The van der Waals surface area contributed by atoms with Crippen LogP contribution in [0.2, 0.25) is 5.02 Å². The molecule has 0 saturated carbocycles. The fourth-order valence-electron chi connectivity index (χ4n) is 2.45. The average molecular weight is 439 g/mol. The minimum absolute atomic E-state index is 0.132. The Morgan fingerprint density at radius 3 is 2.81 bits per heavy atom. The van der Waals surface area contributed by atoms with Gasteiger partial charge in [-0.05, 0) is 40.5 Å². The normalized spacial score (nSPS) is 10.7. The molecule has 10 heteroatoms. The van der Waals surface area contributed by atoms with Crippen molar-refractivity contribution in [1.82, 2.24) is 14.9 Å². The van der Waals surface area contributed by atoms with Crippen LogP contribution in [-0.4, -0.2) is 26.8 Å². The van der Waals surface area contributed by atoms with Crippen LogP contribution < -0.4 is 11.1 Å². The molecule has 0 bridgehead atoms. The lowest BCUT2D eigenvalue weighted by Crippen LogP contribution is -2.22. The van der Waals surface area contributed by atoms with Crippen LogP contribution >= 0.6 is 27.5 Å². The maximum Gasteiger partial charge on any atom is 0.274 e. The highest BCUT2D eigenvalue weighted by molar-refractivity contribution is 9.10. The predicted octanol–water partition coefficient (Wildman–Crippen LogP) is 2.99. The summed E-state index contributed by atoms with van der Waals surface area (Å²) in [6.07, 6.45) is 3.00. The molecular formula is C16H13BrClN5O3. The highest BCUT2D eigenvalue weighted by Crippen LogP contribution is 2.26. The number of rotatable bonds is 5. The van der Waals surface area contributed by atoms with Gasteiger partial charge < -0.3 is 15.6 Å². The Morgan fingerprint density at radius 1 is 1.38 bits per heavy atom. The summed E-state index contributed by atoms with van der Waals surface area (Å²) in [5.41, 5.74) is 7.48. The van der Waals surface area contributed by atoms with Crippen LogP contribution in [0, 0.1) is 6.92 Å². The highest BCUT2D eigenvalue weighted by Gasteiger charge is 2.20. The van der Waals surface area contributed by atoms with Crippen molar-refractivity contribution in [3.05, 3.63) is 62.7 Å². The molecule has 2 heterocycles. The van der Waals surface area contributed by atoms with Gasteiger partial charge in [0.1, 0.15) is 16.6 Å². The van der Waals surface area contributed by atoms with E-state index in [1.807, 2.05) is 0 Å². The van der Waals surface area contributed by atoms with Crippen molar-refractivity contribution in [3.8, 4) is 0 Å². The van der Waals surface area contributed by atoms with E-state index in [4.69, 9.17) is 21.9 Å². The number of hydrogen-bond donors (Lipinski definition) is 2. The van der Waals surface area contributed by atoms with E-state index < -0.39 is 11.8 Å². The van der Waals surface area contributed by atoms with Crippen LogP contribution in [-0.2, 0) is 6.54 Å². The first-order chi connectivity index (χ1) is 12.3. The Hall–Kier alpha value is -2.65. The first-order valence-electron chi connectivity index (χ1n) is 7.38.